The van der Waals surface area contributed by atoms with E-state index in [0.717, 1.165) is 30.6 Å². The molecule has 0 saturated carbocycles. The van der Waals surface area contributed by atoms with Crippen LogP contribution in [0.1, 0.15) is 50.3 Å². The van der Waals surface area contributed by atoms with Gasteiger partial charge in [-0.1, -0.05) is 37.1 Å². The number of rotatable bonds is 10. The highest BCUT2D eigenvalue weighted by Crippen LogP contribution is 2.32. The summed E-state index contributed by atoms with van der Waals surface area (Å²) in [5, 5.41) is 0.680. The highest BCUT2D eigenvalue weighted by molar-refractivity contribution is 6.31. The molecule has 0 aliphatic carbocycles. The second-order valence-electron chi connectivity index (χ2n) is 5.68. The van der Waals surface area contributed by atoms with Crippen LogP contribution in [0.5, 0.6) is 0 Å². The van der Waals surface area contributed by atoms with Crippen LogP contribution in [0.2, 0.25) is 5.02 Å². The van der Waals surface area contributed by atoms with E-state index in [0.29, 0.717) is 31.1 Å². The topological polar surface area (TPSA) is 48.1 Å². The van der Waals surface area contributed by atoms with Crippen LogP contribution in [0.25, 0.3) is 0 Å². The van der Waals surface area contributed by atoms with Gasteiger partial charge in [0.05, 0.1) is 25.9 Å². The number of carbonyl (C=O) groups excluding carboxylic acids is 1. The summed E-state index contributed by atoms with van der Waals surface area (Å²) in [5.41, 5.74) is 2.06. The Kier molecular flexibility index (Phi) is 7.34. The Labute approximate surface area is 143 Å². The number of benzene rings is 1. The first kappa shape index (κ1) is 18.2. The molecule has 1 heterocycles. The molecular weight excluding hydrogens is 316 g/mol. The summed E-state index contributed by atoms with van der Waals surface area (Å²) in [7, 11) is 0. The van der Waals surface area contributed by atoms with E-state index in [4.69, 9.17) is 25.8 Å². The second kappa shape index (κ2) is 9.26. The van der Waals surface area contributed by atoms with Crippen LogP contribution in [0.4, 0.5) is 0 Å². The first-order valence-electron chi connectivity index (χ1n) is 8.31. The normalized spacial score (nSPS) is 17.8. The molecule has 1 aliphatic heterocycles. The zero-order valence-corrected chi connectivity index (χ0v) is 14.6. The zero-order chi connectivity index (χ0) is 16.7. The van der Waals surface area contributed by atoms with E-state index < -0.39 is 0 Å². The molecule has 1 aliphatic rings. The van der Waals surface area contributed by atoms with Crippen molar-refractivity contribution in [3.05, 3.63) is 34.3 Å². The molecule has 4 nitrogen and oxygen atoms in total. The molecule has 0 amide bonds. The Morgan fingerprint density at radius 2 is 2.22 bits per heavy atom. The molecule has 0 bridgehead atoms. The minimum absolute atomic E-state index is 0.0138. The standard InChI is InChI=1S/C18H25ClO4/c1-3-6-17(23-12-13-11-22-13)15-7-5-8-16(19)14(15)9-10-18(20)21-4-2/h5,7-8,13,17H,3-4,6,9-12H2,1-2H3/t13?,17-/m1/s1. The summed E-state index contributed by atoms with van der Waals surface area (Å²) in [5.74, 6) is -0.197. The molecular formula is C18H25ClO4. The smallest absolute Gasteiger partial charge is 0.306 e. The lowest BCUT2D eigenvalue weighted by atomic mass is 9.96. The van der Waals surface area contributed by atoms with Gasteiger partial charge < -0.3 is 14.2 Å². The molecule has 2 atom stereocenters. The van der Waals surface area contributed by atoms with Crippen LogP contribution >= 0.6 is 11.6 Å². The van der Waals surface area contributed by atoms with Crippen LogP contribution in [0.15, 0.2) is 18.2 Å². The molecule has 0 radical (unpaired) electrons. The Morgan fingerprint density at radius 3 is 2.87 bits per heavy atom. The Hall–Kier alpha value is -1.10. The molecule has 2 rings (SSSR count). The van der Waals surface area contributed by atoms with Gasteiger partial charge in [-0.15, -0.1) is 0 Å². The molecule has 128 valence electrons. The van der Waals surface area contributed by atoms with Crippen LogP contribution in [0, 0.1) is 0 Å². The number of ether oxygens (including phenoxy) is 3. The van der Waals surface area contributed by atoms with E-state index in [1.807, 2.05) is 25.1 Å². The lowest BCUT2D eigenvalue weighted by Crippen LogP contribution is -2.13. The van der Waals surface area contributed by atoms with Crippen molar-refractivity contribution < 1.29 is 19.0 Å². The van der Waals surface area contributed by atoms with Gasteiger partial charge in [0.15, 0.2) is 0 Å². The van der Waals surface area contributed by atoms with Gasteiger partial charge in [0, 0.05) is 11.4 Å². The Balaban J connectivity index is 2.10. The number of carbonyl (C=O) groups is 1. The van der Waals surface area contributed by atoms with Crippen molar-refractivity contribution in [2.45, 2.75) is 51.7 Å². The van der Waals surface area contributed by atoms with Crippen LogP contribution in [0.3, 0.4) is 0 Å². The lowest BCUT2D eigenvalue weighted by molar-refractivity contribution is -0.143. The first-order valence-corrected chi connectivity index (χ1v) is 8.69. The third kappa shape index (κ3) is 5.79. The average molecular weight is 341 g/mol. The van der Waals surface area contributed by atoms with Crippen molar-refractivity contribution in [3.63, 3.8) is 0 Å². The third-order valence-electron chi connectivity index (χ3n) is 3.82. The van der Waals surface area contributed by atoms with E-state index in [-0.39, 0.29) is 18.2 Å². The molecule has 1 fully saturated rings. The van der Waals surface area contributed by atoms with Gasteiger partial charge in [-0.2, -0.15) is 0 Å². The van der Waals surface area contributed by atoms with Crippen LogP contribution in [-0.2, 0) is 25.4 Å². The summed E-state index contributed by atoms with van der Waals surface area (Å²) in [6, 6.07) is 5.84. The van der Waals surface area contributed by atoms with Gasteiger partial charge in [0.2, 0.25) is 0 Å². The lowest BCUT2D eigenvalue weighted by Gasteiger charge is -2.21. The number of halogens is 1. The fourth-order valence-corrected chi connectivity index (χ4v) is 2.86. The molecule has 5 heteroatoms. The summed E-state index contributed by atoms with van der Waals surface area (Å²) in [6.45, 7) is 5.73. The number of epoxide rings is 1. The predicted octanol–water partition coefficient (Wildman–Crippen LogP) is 4.09. The van der Waals surface area contributed by atoms with E-state index in [1.165, 1.54) is 0 Å². The number of hydrogen-bond donors (Lipinski definition) is 0. The van der Waals surface area contributed by atoms with Crippen molar-refractivity contribution in [1.82, 2.24) is 0 Å². The average Bonchev–Trinajstić information content (AvgIpc) is 3.34. The summed E-state index contributed by atoms with van der Waals surface area (Å²) in [4.78, 5) is 11.6. The first-order chi connectivity index (χ1) is 11.2. The van der Waals surface area contributed by atoms with Gasteiger partial charge in [0.25, 0.3) is 0 Å². The van der Waals surface area contributed by atoms with E-state index in [1.54, 1.807) is 0 Å². The summed E-state index contributed by atoms with van der Waals surface area (Å²) < 4.78 is 16.3. The maximum absolute atomic E-state index is 11.6. The Bertz CT molecular complexity index is 514. The summed E-state index contributed by atoms with van der Waals surface area (Å²) >= 11 is 6.38. The van der Waals surface area contributed by atoms with E-state index >= 15 is 0 Å². The molecule has 0 aromatic heterocycles. The van der Waals surface area contributed by atoms with Crippen LogP contribution in [-0.4, -0.2) is 31.9 Å². The van der Waals surface area contributed by atoms with Crippen molar-refractivity contribution >= 4 is 17.6 Å². The molecule has 0 N–H and O–H groups in total. The molecule has 1 saturated heterocycles. The summed E-state index contributed by atoms with van der Waals surface area (Å²) in [6.07, 6.45) is 3.04. The van der Waals surface area contributed by atoms with E-state index in [2.05, 4.69) is 6.92 Å². The highest BCUT2D eigenvalue weighted by atomic mass is 35.5. The third-order valence-corrected chi connectivity index (χ3v) is 4.18. The van der Waals surface area contributed by atoms with Crippen LogP contribution < -0.4 is 0 Å². The van der Waals surface area contributed by atoms with Gasteiger partial charge in [-0.05, 0) is 37.0 Å². The fraction of sp³-hybridized carbons (Fsp3) is 0.611. The largest absolute Gasteiger partial charge is 0.466 e. The molecule has 1 aromatic carbocycles. The van der Waals surface area contributed by atoms with Crippen molar-refractivity contribution in [2.75, 3.05) is 19.8 Å². The maximum Gasteiger partial charge on any atom is 0.306 e. The monoisotopic (exact) mass is 340 g/mol. The van der Waals surface area contributed by atoms with Gasteiger partial charge >= 0.3 is 5.97 Å². The van der Waals surface area contributed by atoms with Gasteiger partial charge in [-0.3, -0.25) is 4.79 Å². The number of hydrogen-bond acceptors (Lipinski definition) is 4. The van der Waals surface area contributed by atoms with Crippen molar-refractivity contribution in [3.8, 4) is 0 Å². The zero-order valence-electron chi connectivity index (χ0n) is 13.8. The van der Waals surface area contributed by atoms with Gasteiger partial charge in [-0.25, -0.2) is 0 Å². The predicted molar refractivity (Wildman–Crippen MR) is 89.7 cm³/mol. The van der Waals surface area contributed by atoms with Gasteiger partial charge in [0.1, 0.15) is 6.10 Å². The number of esters is 1. The van der Waals surface area contributed by atoms with E-state index in [9.17, 15) is 4.79 Å². The highest BCUT2D eigenvalue weighted by Gasteiger charge is 2.26. The molecule has 1 unspecified atom stereocenters. The Morgan fingerprint density at radius 1 is 1.43 bits per heavy atom. The van der Waals surface area contributed by atoms with Crippen molar-refractivity contribution in [2.24, 2.45) is 0 Å². The molecule has 23 heavy (non-hydrogen) atoms. The molecule has 0 spiro atoms. The van der Waals surface area contributed by atoms with Crippen molar-refractivity contribution in [1.29, 1.82) is 0 Å². The SMILES string of the molecule is CCC[C@@H](OCC1CO1)c1cccc(Cl)c1CCC(=O)OCC. The second-order valence-corrected chi connectivity index (χ2v) is 6.09. The quantitative estimate of drug-likeness (QED) is 0.475. The molecule has 1 aromatic rings. The minimum Gasteiger partial charge on any atom is -0.466 e. The minimum atomic E-state index is -0.197. The maximum atomic E-state index is 11.6. The fourth-order valence-electron chi connectivity index (χ4n) is 2.58.